The standard InChI is InChI=1S/C16H22N4O5S3/c1-17-27-15(22)19-14(21)16(12-18-28(23)24,13-6-4-3-5-7-13)20(25-2)8-10-26-11-9-20/h3-7,17H,8-12H2,1-2H3/p+1. The molecule has 154 valence electrons. The molecule has 2 amide bonds. The van der Waals surface area contributed by atoms with E-state index in [9.17, 15) is 18.0 Å². The van der Waals surface area contributed by atoms with Crippen molar-refractivity contribution in [1.29, 1.82) is 0 Å². The van der Waals surface area contributed by atoms with Crippen LogP contribution in [0.25, 0.3) is 0 Å². The van der Waals surface area contributed by atoms with E-state index in [0.717, 1.165) is 23.5 Å². The minimum Gasteiger partial charge on any atom is -0.280 e. The Morgan fingerprint density at radius 2 is 1.93 bits per heavy atom. The second-order valence-corrected chi connectivity index (χ2v) is 8.81. The molecule has 2 N–H and O–H groups in total. The van der Waals surface area contributed by atoms with E-state index in [-0.39, 0.29) is 11.2 Å². The van der Waals surface area contributed by atoms with Crippen molar-refractivity contribution in [3.63, 3.8) is 0 Å². The summed E-state index contributed by atoms with van der Waals surface area (Å²) in [6.07, 6.45) is 0. The molecule has 28 heavy (non-hydrogen) atoms. The van der Waals surface area contributed by atoms with Crippen LogP contribution in [0.2, 0.25) is 0 Å². The van der Waals surface area contributed by atoms with Crippen molar-refractivity contribution < 1.29 is 27.5 Å². The van der Waals surface area contributed by atoms with Gasteiger partial charge in [-0.2, -0.15) is 17.4 Å². The summed E-state index contributed by atoms with van der Waals surface area (Å²) in [7, 11) is 0.320. The van der Waals surface area contributed by atoms with Crippen LogP contribution in [0.4, 0.5) is 4.79 Å². The zero-order chi connectivity index (χ0) is 20.6. The summed E-state index contributed by atoms with van der Waals surface area (Å²) >= 11 is 2.44. The van der Waals surface area contributed by atoms with Crippen LogP contribution in [-0.4, -0.2) is 69.5 Å². The van der Waals surface area contributed by atoms with Gasteiger partial charge in [0, 0.05) is 29.0 Å². The summed E-state index contributed by atoms with van der Waals surface area (Å²) in [5, 5.41) is 1.76. The number of thioether (sulfide) groups is 1. The molecule has 1 aliphatic rings. The fourth-order valence-corrected chi connectivity index (χ4v) is 5.05. The first-order valence-electron chi connectivity index (χ1n) is 8.44. The van der Waals surface area contributed by atoms with Gasteiger partial charge in [0.05, 0.1) is 7.11 Å². The molecule has 1 heterocycles. The Kier molecular flexibility index (Phi) is 8.46. The third-order valence-corrected chi connectivity index (χ3v) is 6.45. The normalized spacial score (nSPS) is 17.9. The highest BCUT2D eigenvalue weighted by molar-refractivity contribution is 8.11. The highest BCUT2D eigenvalue weighted by atomic mass is 32.2. The van der Waals surface area contributed by atoms with Gasteiger partial charge in [-0.3, -0.25) is 19.6 Å². The molecule has 1 aliphatic heterocycles. The van der Waals surface area contributed by atoms with E-state index in [4.69, 9.17) is 4.84 Å². The highest BCUT2D eigenvalue weighted by Gasteiger charge is 2.61. The number of nitrogens with zero attached hydrogens (tertiary/aromatic N) is 2. The van der Waals surface area contributed by atoms with Crippen molar-refractivity contribution in [1.82, 2.24) is 10.0 Å². The van der Waals surface area contributed by atoms with Crippen molar-refractivity contribution in [2.24, 2.45) is 4.36 Å². The van der Waals surface area contributed by atoms with Crippen molar-refractivity contribution >= 4 is 45.4 Å². The molecule has 12 heteroatoms. The molecule has 0 aliphatic carbocycles. The zero-order valence-corrected chi connectivity index (χ0v) is 18.0. The van der Waals surface area contributed by atoms with E-state index in [0.29, 0.717) is 18.7 Å². The second kappa shape index (κ2) is 10.4. The maximum atomic E-state index is 13.5. The van der Waals surface area contributed by atoms with Crippen LogP contribution < -0.4 is 10.0 Å². The van der Waals surface area contributed by atoms with E-state index >= 15 is 0 Å². The van der Waals surface area contributed by atoms with Crippen molar-refractivity contribution in [3.8, 4) is 0 Å². The molecule has 2 rings (SSSR count). The minimum absolute atomic E-state index is 0.159. The molecule has 1 atom stereocenters. The van der Waals surface area contributed by atoms with Gasteiger partial charge in [-0.1, -0.05) is 30.3 Å². The van der Waals surface area contributed by atoms with Crippen LogP contribution in [0.5, 0.6) is 0 Å². The van der Waals surface area contributed by atoms with Crippen LogP contribution in [0.3, 0.4) is 0 Å². The first-order valence-corrected chi connectivity index (χ1v) is 11.4. The van der Waals surface area contributed by atoms with E-state index in [1.807, 2.05) is 0 Å². The minimum atomic E-state index is -2.72. The van der Waals surface area contributed by atoms with Crippen molar-refractivity contribution in [2.45, 2.75) is 5.54 Å². The number of carbonyl (C=O) groups is 2. The Balaban J connectivity index is 2.69. The predicted octanol–water partition coefficient (Wildman–Crippen LogP) is 1.17. The molecule has 1 unspecified atom stereocenters. The monoisotopic (exact) mass is 447 g/mol. The number of hydrogen-bond acceptors (Lipinski definition) is 9. The van der Waals surface area contributed by atoms with Gasteiger partial charge < -0.3 is 0 Å². The van der Waals surface area contributed by atoms with E-state index in [1.54, 1.807) is 49.1 Å². The van der Waals surface area contributed by atoms with Crippen LogP contribution in [-0.2, 0) is 25.7 Å². The third kappa shape index (κ3) is 4.75. The summed E-state index contributed by atoms with van der Waals surface area (Å²) in [6.45, 7) is 0.532. The number of benzene rings is 1. The zero-order valence-electron chi connectivity index (χ0n) is 15.6. The predicted molar refractivity (Wildman–Crippen MR) is 109 cm³/mol. The SMILES string of the molecule is CNSC(=O)NC(=O)C(CN=S(=O)=O)(c1ccccc1)[N+]1(OC)CCSCC1. The molecule has 0 saturated carbocycles. The van der Waals surface area contributed by atoms with Gasteiger partial charge in [-0.15, -0.1) is 11.8 Å². The Hall–Kier alpha value is -1.44. The van der Waals surface area contributed by atoms with Gasteiger partial charge in [0.15, 0.2) is 0 Å². The Bertz CT molecular complexity index is 820. The molecule has 1 fully saturated rings. The lowest BCUT2D eigenvalue weighted by molar-refractivity contribution is -1.13. The molecule has 9 nitrogen and oxygen atoms in total. The highest BCUT2D eigenvalue weighted by Crippen LogP contribution is 2.39. The average molecular weight is 448 g/mol. The van der Waals surface area contributed by atoms with Crippen molar-refractivity contribution in [2.75, 3.05) is 45.3 Å². The van der Waals surface area contributed by atoms with Gasteiger partial charge >= 0.3 is 15.7 Å². The molecule has 0 bridgehead atoms. The molecule has 1 aromatic carbocycles. The average Bonchev–Trinajstić information content (AvgIpc) is 2.70. The quantitative estimate of drug-likeness (QED) is 0.473. The lowest BCUT2D eigenvalue weighted by Gasteiger charge is -2.49. The molecule has 0 radical (unpaired) electrons. The Morgan fingerprint density at radius 3 is 2.46 bits per heavy atom. The van der Waals surface area contributed by atoms with Crippen molar-refractivity contribution in [3.05, 3.63) is 35.9 Å². The Labute approximate surface area is 174 Å². The summed E-state index contributed by atoms with van der Waals surface area (Å²) < 4.78 is 28.6. The van der Waals surface area contributed by atoms with Gasteiger partial charge in [0.1, 0.15) is 19.6 Å². The number of rotatable bonds is 7. The number of nitrogens with one attached hydrogen (secondary N) is 2. The number of hydroxylamine groups is 3. The van der Waals surface area contributed by atoms with E-state index < -0.39 is 27.2 Å². The number of quaternary nitrogens is 1. The molecule has 1 saturated heterocycles. The second-order valence-electron chi connectivity index (χ2n) is 5.91. The van der Waals surface area contributed by atoms with Gasteiger partial charge in [0.25, 0.3) is 11.4 Å². The fourth-order valence-electron chi connectivity index (χ4n) is 3.38. The molecule has 1 aromatic rings. The van der Waals surface area contributed by atoms with Gasteiger partial charge in [-0.05, 0) is 7.05 Å². The molecular weight excluding hydrogens is 424 g/mol. The van der Waals surface area contributed by atoms with Crippen LogP contribution >= 0.6 is 23.7 Å². The summed E-state index contributed by atoms with van der Waals surface area (Å²) in [5.41, 5.74) is -1.01. The van der Waals surface area contributed by atoms with Crippen LogP contribution in [0.15, 0.2) is 34.7 Å². The van der Waals surface area contributed by atoms with E-state index in [1.165, 1.54) is 7.11 Å². The summed E-state index contributed by atoms with van der Waals surface area (Å²) in [5.74, 6) is 0.777. The first-order chi connectivity index (χ1) is 13.4. The third-order valence-electron chi connectivity index (χ3n) is 4.67. The molecule has 0 spiro atoms. The maximum absolute atomic E-state index is 13.5. The largest absolute Gasteiger partial charge is 0.311 e. The summed E-state index contributed by atoms with van der Waals surface area (Å²) in [6, 6.07) is 8.74. The summed E-state index contributed by atoms with van der Waals surface area (Å²) in [4.78, 5) is 31.5. The lowest BCUT2D eigenvalue weighted by atomic mass is 9.85. The molecular formula is C16H23N4O5S3+. The number of carbonyl (C=O) groups excluding carboxylic acids is 2. The topological polar surface area (TPSA) is 114 Å². The first kappa shape index (κ1) is 22.8. The molecule has 0 aromatic heterocycles. The van der Waals surface area contributed by atoms with Gasteiger partial charge in [-0.25, -0.2) is 4.84 Å². The maximum Gasteiger partial charge on any atom is 0.311 e. The van der Waals surface area contributed by atoms with Gasteiger partial charge in [0.2, 0.25) is 0 Å². The fraction of sp³-hybridized carbons (Fsp3) is 0.500. The van der Waals surface area contributed by atoms with E-state index in [2.05, 4.69) is 14.4 Å². The van der Waals surface area contributed by atoms with Crippen LogP contribution in [0, 0.1) is 0 Å². The number of imide groups is 1. The Morgan fingerprint density at radius 1 is 1.29 bits per heavy atom. The smallest absolute Gasteiger partial charge is 0.280 e. The van der Waals surface area contributed by atoms with Crippen LogP contribution in [0.1, 0.15) is 5.56 Å². The number of amides is 2. The lowest BCUT2D eigenvalue weighted by Crippen LogP contribution is -2.71. The number of hydrogen-bond donors (Lipinski definition) is 2.